The zero-order valence-corrected chi connectivity index (χ0v) is 16.3. The van der Waals surface area contributed by atoms with Gasteiger partial charge >= 0.3 is 16.0 Å². The molecule has 4 aromatic heterocycles. The van der Waals surface area contributed by atoms with Crippen LogP contribution in [0.25, 0.3) is 16.7 Å². The van der Waals surface area contributed by atoms with Crippen LogP contribution in [-0.2, 0) is 14.8 Å². The van der Waals surface area contributed by atoms with Gasteiger partial charge in [-0.25, -0.2) is 9.78 Å². The Morgan fingerprint density at radius 3 is 2.81 bits per heavy atom. The molecule has 0 aromatic carbocycles. The summed E-state index contributed by atoms with van der Waals surface area (Å²) in [6.45, 7) is 1.88. The highest BCUT2D eigenvalue weighted by Gasteiger charge is 2.25. The molecular formula is C16H12BrN5O4S. The maximum absolute atomic E-state index is 13.2. The van der Waals surface area contributed by atoms with Gasteiger partial charge in [0.2, 0.25) is 0 Å². The molecule has 0 aliphatic heterocycles. The normalized spacial score (nSPS) is 11.9. The van der Waals surface area contributed by atoms with Gasteiger partial charge in [0.05, 0.1) is 24.6 Å². The minimum absolute atomic E-state index is 0.0645. The molecule has 0 saturated heterocycles. The second kappa shape index (κ2) is 6.43. The van der Waals surface area contributed by atoms with E-state index >= 15 is 0 Å². The molecule has 4 heterocycles. The molecule has 0 atom stereocenters. The maximum Gasteiger partial charge on any atom is 0.339 e. The number of hydrogen-bond acceptors (Lipinski definition) is 7. The van der Waals surface area contributed by atoms with Crippen LogP contribution in [-0.4, -0.2) is 44.5 Å². The fourth-order valence-electron chi connectivity index (χ4n) is 2.62. The van der Waals surface area contributed by atoms with Gasteiger partial charge in [-0.3, -0.25) is 9.38 Å². The number of nitrogens with zero attached hydrogens (tertiary/aromatic N) is 5. The molecule has 4 aromatic rings. The minimum Gasteiger partial charge on any atom is -0.462 e. The highest BCUT2D eigenvalue weighted by Crippen LogP contribution is 2.22. The summed E-state index contributed by atoms with van der Waals surface area (Å²) in [7, 11) is -4.08. The van der Waals surface area contributed by atoms with Crippen molar-refractivity contribution in [3.05, 3.63) is 53.0 Å². The van der Waals surface area contributed by atoms with Gasteiger partial charge in [0, 0.05) is 16.9 Å². The van der Waals surface area contributed by atoms with Crippen LogP contribution >= 0.6 is 15.9 Å². The Kier molecular flexibility index (Phi) is 4.19. The highest BCUT2D eigenvalue weighted by atomic mass is 79.9. The Hall–Kier alpha value is -2.79. The summed E-state index contributed by atoms with van der Waals surface area (Å²) in [4.78, 5) is 20.2. The first-order valence-electron chi connectivity index (χ1n) is 7.81. The fourth-order valence-corrected chi connectivity index (χ4v) is 4.29. The SMILES string of the molecule is CCOC(=O)c1cnc2cnn(S(=O)(=O)c3cnc4ccc(Br)cn34)c2c1. The molecule has 0 amide bonds. The first-order chi connectivity index (χ1) is 12.9. The second-order valence-corrected chi connectivity index (χ2v) is 8.14. The van der Waals surface area contributed by atoms with Gasteiger partial charge in [-0.05, 0) is 41.1 Å². The first kappa shape index (κ1) is 17.6. The Balaban J connectivity index is 1.90. The number of carbonyl (C=O) groups is 1. The number of ether oxygens (including phenoxy) is 1. The topological polar surface area (TPSA) is 108 Å². The van der Waals surface area contributed by atoms with Crippen LogP contribution in [0.4, 0.5) is 0 Å². The van der Waals surface area contributed by atoms with Crippen molar-refractivity contribution in [3.8, 4) is 0 Å². The summed E-state index contributed by atoms with van der Waals surface area (Å²) < 4.78 is 34.3. The summed E-state index contributed by atoms with van der Waals surface area (Å²) >= 11 is 3.32. The standard InChI is InChI=1S/C16H12BrN5O4S/c1-2-26-16(23)10-5-13-12(18-6-10)7-20-22(13)27(24,25)15-8-19-14-4-3-11(17)9-21(14)15/h3-9H,2H2,1H3. The van der Waals surface area contributed by atoms with Gasteiger partial charge in [-0.15, -0.1) is 0 Å². The largest absolute Gasteiger partial charge is 0.462 e. The number of fused-ring (bicyclic) bond motifs is 2. The molecule has 0 aliphatic rings. The zero-order chi connectivity index (χ0) is 19.2. The Morgan fingerprint density at radius 2 is 2.04 bits per heavy atom. The number of carbonyl (C=O) groups excluding carboxylic acids is 1. The third kappa shape index (κ3) is 2.88. The predicted octanol–water partition coefficient (Wildman–Crippen LogP) is 2.26. The van der Waals surface area contributed by atoms with Crippen LogP contribution in [0.15, 0.2) is 52.5 Å². The van der Waals surface area contributed by atoms with Crippen molar-refractivity contribution in [1.82, 2.24) is 23.6 Å². The molecular weight excluding hydrogens is 438 g/mol. The van der Waals surface area contributed by atoms with Crippen LogP contribution in [0.1, 0.15) is 17.3 Å². The Bertz CT molecular complexity index is 1290. The van der Waals surface area contributed by atoms with Crippen molar-refractivity contribution >= 4 is 48.6 Å². The number of hydrogen-bond donors (Lipinski definition) is 0. The van der Waals surface area contributed by atoms with Crippen LogP contribution in [0.3, 0.4) is 0 Å². The maximum atomic E-state index is 13.2. The van der Waals surface area contributed by atoms with E-state index < -0.39 is 16.0 Å². The smallest absolute Gasteiger partial charge is 0.339 e. The van der Waals surface area contributed by atoms with Crippen LogP contribution in [0.2, 0.25) is 0 Å². The van der Waals surface area contributed by atoms with E-state index in [-0.39, 0.29) is 22.7 Å². The molecule has 0 saturated carbocycles. The molecule has 9 nitrogen and oxygen atoms in total. The number of pyridine rings is 2. The fraction of sp³-hybridized carbons (Fsp3) is 0.125. The van der Waals surface area contributed by atoms with Crippen molar-refractivity contribution in [2.45, 2.75) is 11.9 Å². The number of esters is 1. The Labute approximate surface area is 161 Å². The monoisotopic (exact) mass is 449 g/mol. The first-order valence-corrected chi connectivity index (χ1v) is 10.0. The summed E-state index contributed by atoms with van der Waals surface area (Å²) in [6, 6.07) is 4.84. The second-order valence-electron chi connectivity index (χ2n) is 5.51. The third-order valence-corrected chi connectivity index (χ3v) is 5.87. The van der Waals surface area contributed by atoms with E-state index in [2.05, 4.69) is 31.0 Å². The van der Waals surface area contributed by atoms with Crippen molar-refractivity contribution in [2.24, 2.45) is 0 Å². The average molecular weight is 450 g/mol. The van der Waals surface area contributed by atoms with E-state index in [4.69, 9.17) is 4.74 Å². The van der Waals surface area contributed by atoms with Crippen molar-refractivity contribution < 1.29 is 17.9 Å². The lowest BCUT2D eigenvalue weighted by Gasteiger charge is -2.07. The molecule has 0 unspecified atom stereocenters. The number of rotatable bonds is 4. The third-order valence-electron chi connectivity index (χ3n) is 3.83. The van der Waals surface area contributed by atoms with E-state index in [1.807, 2.05) is 0 Å². The lowest BCUT2D eigenvalue weighted by molar-refractivity contribution is 0.0526. The van der Waals surface area contributed by atoms with E-state index in [0.29, 0.717) is 15.6 Å². The van der Waals surface area contributed by atoms with E-state index in [0.717, 1.165) is 4.09 Å². The van der Waals surface area contributed by atoms with Gasteiger partial charge < -0.3 is 4.74 Å². The van der Waals surface area contributed by atoms with E-state index in [1.165, 1.54) is 29.1 Å². The van der Waals surface area contributed by atoms with Gasteiger partial charge in [0.1, 0.15) is 16.7 Å². The van der Waals surface area contributed by atoms with Crippen molar-refractivity contribution in [3.63, 3.8) is 0 Å². The molecule has 0 aliphatic carbocycles. The van der Waals surface area contributed by atoms with Crippen LogP contribution in [0, 0.1) is 0 Å². The van der Waals surface area contributed by atoms with Crippen LogP contribution < -0.4 is 0 Å². The number of halogens is 1. The van der Waals surface area contributed by atoms with Gasteiger partial charge in [0.25, 0.3) is 0 Å². The van der Waals surface area contributed by atoms with Gasteiger partial charge in [0.15, 0.2) is 5.03 Å². The summed E-state index contributed by atoms with van der Waals surface area (Å²) in [5.74, 6) is -0.587. The molecule has 27 heavy (non-hydrogen) atoms. The molecule has 138 valence electrons. The summed E-state index contributed by atoms with van der Waals surface area (Å²) in [6.07, 6.45) is 5.50. The Morgan fingerprint density at radius 1 is 1.22 bits per heavy atom. The van der Waals surface area contributed by atoms with E-state index in [9.17, 15) is 13.2 Å². The lowest BCUT2D eigenvalue weighted by Crippen LogP contribution is -2.16. The summed E-state index contributed by atoms with van der Waals surface area (Å²) in [5.41, 5.74) is 1.12. The van der Waals surface area contributed by atoms with Gasteiger partial charge in [-0.2, -0.15) is 17.6 Å². The van der Waals surface area contributed by atoms with Gasteiger partial charge in [-0.1, -0.05) is 0 Å². The average Bonchev–Trinajstić information content (AvgIpc) is 3.25. The molecule has 4 rings (SSSR count). The van der Waals surface area contributed by atoms with Crippen molar-refractivity contribution in [2.75, 3.05) is 6.61 Å². The number of imidazole rings is 1. The minimum atomic E-state index is -4.08. The highest BCUT2D eigenvalue weighted by molar-refractivity contribution is 9.10. The molecule has 0 spiro atoms. The molecule has 11 heteroatoms. The van der Waals surface area contributed by atoms with Crippen molar-refractivity contribution in [1.29, 1.82) is 0 Å². The van der Waals surface area contributed by atoms with E-state index in [1.54, 1.807) is 25.3 Å². The molecule has 0 radical (unpaired) electrons. The molecule has 0 fully saturated rings. The zero-order valence-electron chi connectivity index (χ0n) is 13.9. The quantitative estimate of drug-likeness (QED) is 0.439. The molecule has 0 bridgehead atoms. The molecule has 0 N–H and O–H groups in total. The predicted molar refractivity (Wildman–Crippen MR) is 99.0 cm³/mol. The summed E-state index contributed by atoms with van der Waals surface area (Å²) in [5, 5.41) is 3.90. The lowest BCUT2D eigenvalue weighted by atomic mass is 10.2. The van der Waals surface area contributed by atoms with Crippen LogP contribution in [0.5, 0.6) is 0 Å². The number of aromatic nitrogens is 5.